The van der Waals surface area contributed by atoms with Crippen LogP contribution in [0, 0.1) is 0 Å². The Bertz CT molecular complexity index is 721. The molecule has 2 aromatic rings. The molecule has 1 aliphatic carbocycles. The summed E-state index contributed by atoms with van der Waals surface area (Å²) in [5.41, 5.74) is 6.95. The Kier molecular flexibility index (Phi) is 4.71. The highest BCUT2D eigenvalue weighted by molar-refractivity contribution is 5.95. The Morgan fingerprint density at radius 1 is 1.17 bits per heavy atom. The number of rotatable bonds is 5. The van der Waals surface area contributed by atoms with Crippen LogP contribution in [-0.4, -0.2) is 18.7 Å². The van der Waals surface area contributed by atoms with Gasteiger partial charge in [0.05, 0.1) is 12.8 Å². The van der Waals surface area contributed by atoms with Crippen LogP contribution in [0.2, 0.25) is 0 Å². The van der Waals surface area contributed by atoms with Gasteiger partial charge in [0.15, 0.2) is 0 Å². The molecule has 0 unspecified atom stereocenters. The number of nitrogens with one attached hydrogen (secondary N) is 1. The number of benzene rings is 2. The number of nitrogens with zero attached hydrogens (tertiary/aromatic N) is 1. The minimum absolute atomic E-state index is 0.231. The lowest BCUT2D eigenvalue weighted by molar-refractivity contribution is 0.0955. The molecule has 0 saturated carbocycles. The molecule has 0 bridgehead atoms. The number of hydrogen-bond acceptors (Lipinski definition) is 3. The zero-order valence-electron chi connectivity index (χ0n) is 13.2. The van der Waals surface area contributed by atoms with E-state index < -0.39 is 0 Å². The summed E-state index contributed by atoms with van der Waals surface area (Å²) in [6, 6.07) is 13.4. The van der Waals surface area contributed by atoms with E-state index in [1.54, 1.807) is 30.5 Å². The largest absolute Gasteiger partial charge is 0.494 e. The monoisotopic (exact) mass is 308 g/mol. The topological polar surface area (TPSA) is 50.7 Å². The van der Waals surface area contributed by atoms with E-state index in [4.69, 9.17) is 4.74 Å². The van der Waals surface area contributed by atoms with E-state index in [1.165, 1.54) is 24.0 Å². The van der Waals surface area contributed by atoms with Crippen LogP contribution >= 0.6 is 0 Å². The molecule has 0 radical (unpaired) electrons. The van der Waals surface area contributed by atoms with E-state index in [0.717, 1.165) is 17.7 Å². The summed E-state index contributed by atoms with van der Waals surface area (Å²) in [4.78, 5) is 12.0. The van der Waals surface area contributed by atoms with Gasteiger partial charge in [0, 0.05) is 5.56 Å². The maximum absolute atomic E-state index is 12.0. The molecule has 2 aromatic carbocycles. The second-order valence-corrected chi connectivity index (χ2v) is 5.54. The molecule has 0 aliphatic heterocycles. The van der Waals surface area contributed by atoms with Crippen molar-refractivity contribution < 1.29 is 9.53 Å². The molecule has 0 saturated heterocycles. The molecule has 1 aliphatic rings. The van der Waals surface area contributed by atoms with Crippen molar-refractivity contribution in [3.63, 3.8) is 0 Å². The van der Waals surface area contributed by atoms with Gasteiger partial charge in [-0.1, -0.05) is 12.1 Å². The normalized spacial score (nSPS) is 13.1. The summed E-state index contributed by atoms with van der Waals surface area (Å²) in [6.45, 7) is 2.53. The highest BCUT2D eigenvalue weighted by Gasteiger charge is 2.10. The van der Waals surface area contributed by atoms with Crippen molar-refractivity contribution in [3.05, 3.63) is 64.7 Å². The maximum atomic E-state index is 12.0. The molecule has 0 atom stereocenters. The summed E-state index contributed by atoms with van der Waals surface area (Å²) in [5.74, 6) is 0.524. The van der Waals surface area contributed by atoms with Crippen LogP contribution in [0.4, 0.5) is 0 Å². The Morgan fingerprint density at radius 3 is 2.74 bits per heavy atom. The molecule has 0 spiro atoms. The van der Waals surface area contributed by atoms with Crippen LogP contribution in [0.5, 0.6) is 5.75 Å². The molecule has 4 heteroatoms. The van der Waals surface area contributed by atoms with Gasteiger partial charge in [-0.05, 0) is 73.2 Å². The lowest BCUT2D eigenvalue weighted by Crippen LogP contribution is -2.17. The van der Waals surface area contributed by atoms with Gasteiger partial charge < -0.3 is 4.74 Å². The molecule has 118 valence electrons. The Hall–Kier alpha value is -2.62. The molecule has 23 heavy (non-hydrogen) atoms. The lowest BCUT2D eigenvalue weighted by Gasteiger charge is -2.04. The van der Waals surface area contributed by atoms with Gasteiger partial charge in [0.1, 0.15) is 5.75 Å². The van der Waals surface area contributed by atoms with Gasteiger partial charge in [-0.25, -0.2) is 5.43 Å². The summed E-state index contributed by atoms with van der Waals surface area (Å²) in [5, 5.41) is 4.05. The van der Waals surface area contributed by atoms with Crippen LogP contribution in [0.3, 0.4) is 0 Å². The SMILES string of the molecule is CCOc1ccc(C(=O)NN=Cc2ccc3c(c2)CCC3)cc1. The van der Waals surface area contributed by atoms with Gasteiger partial charge in [0.25, 0.3) is 5.91 Å². The third-order valence-corrected chi connectivity index (χ3v) is 3.93. The Morgan fingerprint density at radius 2 is 1.96 bits per heavy atom. The second kappa shape index (κ2) is 7.09. The number of ether oxygens (including phenoxy) is 1. The first kappa shape index (κ1) is 15.3. The van der Waals surface area contributed by atoms with Crippen LogP contribution in [0.1, 0.15) is 40.4 Å². The van der Waals surface area contributed by atoms with E-state index in [0.29, 0.717) is 12.2 Å². The van der Waals surface area contributed by atoms with Gasteiger partial charge in [-0.3, -0.25) is 4.79 Å². The Balaban J connectivity index is 1.59. The number of hydrazone groups is 1. The fourth-order valence-corrected chi connectivity index (χ4v) is 2.77. The number of hydrogen-bond donors (Lipinski definition) is 1. The fraction of sp³-hybridized carbons (Fsp3) is 0.263. The minimum Gasteiger partial charge on any atom is -0.494 e. The molecular formula is C19H20N2O2. The highest BCUT2D eigenvalue weighted by Crippen LogP contribution is 2.22. The second-order valence-electron chi connectivity index (χ2n) is 5.54. The first-order valence-electron chi connectivity index (χ1n) is 7.94. The molecule has 3 rings (SSSR count). The number of aryl methyl sites for hydroxylation is 2. The molecule has 0 heterocycles. The number of fused-ring (bicyclic) bond motifs is 1. The number of amides is 1. The average molecular weight is 308 g/mol. The summed E-state index contributed by atoms with van der Waals surface area (Å²) >= 11 is 0. The van der Waals surface area contributed by atoms with Gasteiger partial charge >= 0.3 is 0 Å². The van der Waals surface area contributed by atoms with E-state index in [9.17, 15) is 4.79 Å². The predicted octanol–water partition coefficient (Wildman–Crippen LogP) is 3.34. The van der Waals surface area contributed by atoms with Gasteiger partial charge in [0.2, 0.25) is 0 Å². The molecule has 4 nitrogen and oxygen atoms in total. The molecule has 0 fully saturated rings. The quantitative estimate of drug-likeness (QED) is 0.680. The number of carbonyl (C=O) groups is 1. The molecular weight excluding hydrogens is 288 g/mol. The van der Waals surface area contributed by atoms with Crippen molar-refractivity contribution in [1.29, 1.82) is 0 Å². The van der Waals surface area contributed by atoms with E-state index >= 15 is 0 Å². The lowest BCUT2D eigenvalue weighted by atomic mass is 10.1. The average Bonchev–Trinajstić information content (AvgIpc) is 3.03. The van der Waals surface area contributed by atoms with Crippen molar-refractivity contribution >= 4 is 12.1 Å². The molecule has 1 amide bonds. The first-order valence-corrected chi connectivity index (χ1v) is 7.94. The van der Waals surface area contributed by atoms with Crippen molar-refractivity contribution in [2.45, 2.75) is 26.2 Å². The van der Waals surface area contributed by atoms with Crippen molar-refractivity contribution in [3.8, 4) is 5.75 Å². The van der Waals surface area contributed by atoms with Crippen LogP contribution in [-0.2, 0) is 12.8 Å². The number of carbonyl (C=O) groups excluding carboxylic acids is 1. The maximum Gasteiger partial charge on any atom is 0.271 e. The van der Waals surface area contributed by atoms with Crippen molar-refractivity contribution in [1.82, 2.24) is 5.43 Å². The van der Waals surface area contributed by atoms with E-state index in [-0.39, 0.29) is 5.91 Å². The summed E-state index contributed by atoms with van der Waals surface area (Å²) < 4.78 is 5.35. The summed E-state index contributed by atoms with van der Waals surface area (Å²) in [7, 11) is 0. The van der Waals surface area contributed by atoms with Crippen LogP contribution < -0.4 is 10.2 Å². The predicted molar refractivity (Wildman–Crippen MR) is 91.1 cm³/mol. The zero-order chi connectivity index (χ0) is 16.1. The van der Waals surface area contributed by atoms with Crippen molar-refractivity contribution in [2.75, 3.05) is 6.61 Å². The third kappa shape index (κ3) is 3.77. The molecule has 1 N–H and O–H groups in total. The molecule has 0 aromatic heterocycles. The van der Waals surface area contributed by atoms with Crippen LogP contribution in [0.15, 0.2) is 47.6 Å². The van der Waals surface area contributed by atoms with E-state index in [1.807, 2.05) is 13.0 Å². The zero-order valence-corrected chi connectivity index (χ0v) is 13.2. The van der Waals surface area contributed by atoms with Gasteiger partial charge in [-0.15, -0.1) is 0 Å². The van der Waals surface area contributed by atoms with Gasteiger partial charge in [-0.2, -0.15) is 5.10 Å². The Labute approximate surface area is 136 Å². The third-order valence-electron chi connectivity index (χ3n) is 3.93. The summed E-state index contributed by atoms with van der Waals surface area (Å²) in [6.07, 6.45) is 5.21. The standard InChI is InChI=1S/C19H20N2O2/c1-2-23-18-10-8-16(9-11-18)19(22)21-20-13-14-6-7-15-4-3-5-17(15)12-14/h6-13H,2-5H2,1H3,(H,21,22). The highest BCUT2D eigenvalue weighted by atomic mass is 16.5. The smallest absolute Gasteiger partial charge is 0.271 e. The fourth-order valence-electron chi connectivity index (χ4n) is 2.77. The van der Waals surface area contributed by atoms with E-state index in [2.05, 4.69) is 22.7 Å². The van der Waals surface area contributed by atoms with Crippen molar-refractivity contribution in [2.24, 2.45) is 5.10 Å². The first-order chi connectivity index (χ1) is 11.3. The van der Waals surface area contributed by atoms with Crippen LogP contribution in [0.25, 0.3) is 0 Å². The minimum atomic E-state index is -0.231.